The molecule has 1 fully saturated rings. The molecule has 1 saturated heterocycles. The smallest absolute Gasteiger partial charge is 0.238 e. The molecular weight excluding hydrogens is 392 g/mol. The van der Waals surface area contributed by atoms with Crippen molar-refractivity contribution in [2.75, 3.05) is 39.2 Å². The maximum absolute atomic E-state index is 12.6. The topological polar surface area (TPSA) is 60.0 Å². The van der Waals surface area contributed by atoms with Gasteiger partial charge in [0.05, 0.1) is 20.8 Å². The Morgan fingerprint density at radius 2 is 1.77 bits per heavy atom. The highest BCUT2D eigenvalue weighted by Crippen LogP contribution is 2.38. The third kappa shape index (κ3) is 4.54. The lowest BCUT2D eigenvalue weighted by Crippen LogP contribution is -2.49. The summed E-state index contributed by atoms with van der Waals surface area (Å²) in [5, 5.41) is 2.95. The number of ether oxygens (including phenoxy) is 3. The van der Waals surface area contributed by atoms with E-state index in [4.69, 9.17) is 14.2 Å². The first kappa shape index (κ1) is 21.2. The Balaban J connectivity index is 1.33. The molecule has 0 atom stereocenters. The van der Waals surface area contributed by atoms with E-state index in [0.29, 0.717) is 23.7 Å². The molecule has 2 aliphatic rings. The van der Waals surface area contributed by atoms with E-state index in [2.05, 4.69) is 48.3 Å². The molecular formula is C25H30N2O4. The van der Waals surface area contributed by atoms with Gasteiger partial charge in [-0.05, 0) is 55.3 Å². The van der Waals surface area contributed by atoms with Crippen molar-refractivity contribution in [2.45, 2.75) is 32.3 Å². The van der Waals surface area contributed by atoms with Crippen LogP contribution in [-0.2, 0) is 4.79 Å². The highest BCUT2D eigenvalue weighted by molar-refractivity contribution is 5.92. The van der Waals surface area contributed by atoms with Crippen LogP contribution in [0.4, 0.5) is 5.69 Å². The predicted molar refractivity (Wildman–Crippen MR) is 122 cm³/mol. The SMILES string of the molecule is COc1ccc(NC(=O)CN2CCC3(C=Cc4cc(C)c(C)cc4O3)CC2)cc1OC. The zero-order valence-electron chi connectivity index (χ0n) is 18.7. The molecule has 2 aliphatic heterocycles. The van der Waals surface area contributed by atoms with Gasteiger partial charge >= 0.3 is 0 Å². The lowest BCUT2D eigenvalue weighted by Gasteiger charge is -2.41. The number of aryl methyl sites for hydroxylation is 2. The van der Waals surface area contributed by atoms with Crippen molar-refractivity contribution in [2.24, 2.45) is 0 Å². The fraction of sp³-hybridized carbons (Fsp3) is 0.400. The Hall–Kier alpha value is -2.99. The van der Waals surface area contributed by atoms with Gasteiger partial charge in [0.1, 0.15) is 11.4 Å². The highest BCUT2D eigenvalue weighted by atomic mass is 16.5. The van der Waals surface area contributed by atoms with Gasteiger partial charge < -0.3 is 19.5 Å². The molecule has 31 heavy (non-hydrogen) atoms. The highest BCUT2D eigenvalue weighted by Gasteiger charge is 2.37. The van der Waals surface area contributed by atoms with Gasteiger partial charge in [-0.15, -0.1) is 0 Å². The van der Waals surface area contributed by atoms with Crippen LogP contribution in [0.1, 0.15) is 29.5 Å². The van der Waals surface area contributed by atoms with Gasteiger partial charge in [0.25, 0.3) is 0 Å². The van der Waals surface area contributed by atoms with Crippen molar-refractivity contribution in [1.29, 1.82) is 0 Å². The Bertz CT molecular complexity index is 1010. The molecule has 0 unspecified atom stereocenters. The van der Waals surface area contributed by atoms with E-state index in [0.717, 1.165) is 37.2 Å². The molecule has 0 radical (unpaired) electrons. The molecule has 164 valence electrons. The monoisotopic (exact) mass is 422 g/mol. The van der Waals surface area contributed by atoms with Crippen molar-refractivity contribution in [3.05, 3.63) is 53.1 Å². The summed E-state index contributed by atoms with van der Waals surface area (Å²) >= 11 is 0. The Labute approximate surface area is 183 Å². The number of likely N-dealkylation sites (tertiary alicyclic amines) is 1. The summed E-state index contributed by atoms with van der Waals surface area (Å²) in [5.74, 6) is 2.14. The largest absolute Gasteiger partial charge is 0.493 e. The molecule has 1 amide bonds. The van der Waals surface area contributed by atoms with Gasteiger partial charge in [-0.2, -0.15) is 0 Å². The molecule has 0 bridgehead atoms. The maximum Gasteiger partial charge on any atom is 0.238 e. The maximum atomic E-state index is 12.6. The zero-order valence-corrected chi connectivity index (χ0v) is 18.7. The number of carbonyl (C=O) groups excluding carboxylic acids is 1. The van der Waals surface area contributed by atoms with Crippen molar-refractivity contribution >= 4 is 17.7 Å². The predicted octanol–water partition coefficient (Wildman–Crippen LogP) is 4.20. The van der Waals surface area contributed by atoms with E-state index in [9.17, 15) is 4.79 Å². The number of nitrogens with zero attached hydrogens (tertiary/aromatic N) is 1. The number of fused-ring (bicyclic) bond motifs is 1. The van der Waals surface area contributed by atoms with Crippen LogP contribution in [0, 0.1) is 13.8 Å². The van der Waals surface area contributed by atoms with Crippen LogP contribution in [0.3, 0.4) is 0 Å². The van der Waals surface area contributed by atoms with E-state index in [-0.39, 0.29) is 11.5 Å². The number of carbonyl (C=O) groups is 1. The van der Waals surface area contributed by atoms with E-state index < -0.39 is 0 Å². The molecule has 0 aliphatic carbocycles. The summed E-state index contributed by atoms with van der Waals surface area (Å²) in [6, 6.07) is 9.68. The number of methoxy groups -OCH3 is 2. The van der Waals surface area contributed by atoms with E-state index in [1.165, 1.54) is 11.1 Å². The van der Waals surface area contributed by atoms with Crippen LogP contribution in [0.15, 0.2) is 36.4 Å². The van der Waals surface area contributed by atoms with E-state index in [1.807, 2.05) is 6.07 Å². The molecule has 4 rings (SSSR count). The number of hydrogen-bond donors (Lipinski definition) is 1. The first-order valence-corrected chi connectivity index (χ1v) is 10.6. The Kier molecular flexibility index (Phi) is 5.92. The molecule has 0 saturated carbocycles. The second-order valence-electron chi connectivity index (χ2n) is 8.37. The molecule has 2 heterocycles. The molecule has 2 aromatic carbocycles. The van der Waals surface area contributed by atoms with Gasteiger partial charge in [0, 0.05) is 43.2 Å². The number of anilines is 1. The fourth-order valence-corrected chi connectivity index (χ4v) is 4.20. The minimum atomic E-state index is -0.273. The molecule has 2 aromatic rings. The first-order chi connectivity index (χ1) is 14.9. The number of benzene rings is 2. The van der Waals surface area contributed by atoms with Crippen LogP contribution in [0.2, 0.25) is 0 Å². The van der Waals surface area contributed by atoms with Crippen molar-refractivity contribution < 1.29 is 19.0 Å². The quantitative estimate of drug-likeness (QED) is 0.783. The summed E-state index contributed by atoms with van der Waals surface area (Å²) in [5.41, 5.74) is 4.08. The van der Waals surface area contributed by atoms with Crippen molar-refractivity contribution in [3.8, 4) is 17.2 Å². The van der Waals surface area contributed by atoms with Crippen LogP contribution in [0.25, 0.3) is 6.08 Å². The summed E-state index contributed by atoms with van der Waals surface area (Å²) in [6.45, 7) is 6.21. The normalized spacial score (nSPS) is 17.0. The van der Waals surface area contributed by atoms with Crippen LogP contribution in [0.5, 0.6) is 17.2 Å². The standard InChI is InChI=1S/C25H30N2O4/c1-17-13-19-7-8-25(31-22(19)14-18(17)2)9-11-27(12-10-25)16-24(28)26-20-5-6-21(29-3)23(15-20)30-4/h5-8,13-15H,9-12,16H2,1-4H3,(H,26,28). The second-order valence-corrected chi connectivity index (χ2v) is 8.37. The first-order valence-electron chi connectivity index (χ1n) is 10.6. The summed E-state index contributed by atoms with van der Waals surface area (Å²) in [4.78, 5) is 14.7. The number of nitrogens with one attached hydrogen (secondary N) is 1. The zero-order chi connectivity index (χ0) is 22.0. The van der Waals surface area contributed by atoms with E-state index in [1.54, 1.807) is 26.4 Å². The number of piperidine rings is 1. The van der Waals surface area contributed by atoms with Crippen LogP contribution >= 0.6 is 0 Å². The minimum absolute atomic E-state index is 0.0419. The summed E-state index contributed by atoms with van der Waals surface area (Å²) < 4.78 is 17.0. The van der Waals surface area contributed by atoms with E-state index >= 15 is 0 Å². The Morgan fingerprint density at radius 3 is 2.48 bits per heavy atom. The molecule has 1 N–H and O–H groups in total. The third-order valence-electron chi connectivity index (χ3n) is 6.24. The second kappa shape index (κ2) is 8.63. The van der Waals surface area contributed by atoms with Crippen LogP contribution in [-0.4, -0.2) is 50.3 Å². The minimum Gasteiger partial charge on any atom is -0.493 e. The molecule has 0 aromatic heterocycles. The van der Waals surface area contributed by atoms with Gasteiger partial charge in [0.15, 0.2) is 11.5 Å². The van der Waals surface area contributed by atoms with Gasteiger partial charge in [-0.1, -0.05) is 6.08 Å². The molecule has 1 spiro atoms. The number of amides is 1. The lowest BCUT2D eigenvalue weighted by molar-refractivity contribution is -0.118. The molecule has 6 heteroatoms. The summed E-state index contributed by atoms with van der Waals surface area (Å²) in [6.07, 6.45) is 6.11. The van der Waals surface area contributed by atoms with Gasteiger partial charge in [-0.3, -0.25) is 9.69 Å². The third-order valence-corrected chi connectivity index (χ3v) is 6.24. The Morgan fingerprint density at radius 1 is 1.06 bits per heavy atom. The lowest BCUT2D eigenvalue weighted by atomic mass is 9.87. The number of hydrogen-bond acceptors (Lipinski definition) is 5. The fourth-order valence-electron chi connectivity index (χ4n) is 4.20. The number of rotatable bonds is 5. The van der Waals surface area contributed by atoms with Crippen molar-refractivity contribution in [3.63, 3.8) is 0 Å². The van der Waals surface area contributed by atoms with Gasteiger partial charge in [0.2, 0.25) is 5.91 Å². The average Bonchev–Trinajstić information content (AvgIpc) is 2.76. The van der Waals surface area contributed by atoms with Crippen molar-refractivity contribution in [1.82, 2.24) is 4.90 Å². The van der Waals surface area contributed by atoms with Crippen LogP contribution < -0.4 is 19.5 Å². The average molecular weight is 423 g/mol. The molecule has 6 nitrogen and oxygen atoms in total. The van der Waals surface area contributed by atoms with Gasteiger partial charge in [-0.25, -0.2) is 0 Å². The summed E-state index contributed by atoms with van der Waals surface area (Å²) in [7, 11) is 3.17.